The van der Waals surface area contributed by atoms with Gasteiger partial charge in [-0.3, -0.25) is 0 Å². The number of hydrogen-bond donors (Lipinski definition) is 1. The molecule has 3 rings (SSSR count). The van der Waals surface area contributed by atoms with Crippen molar-refractivity contribution in [3.05, 3.63) is 23.8 Å². The number of aromatic nitrogens is 2. The maximum absolute atomic E-state index is 6.28. The van der Waals surface area contributed by atoms with Crippen LogP contribution < -0.4 is 5.73 Å². The average molecular weight is 285 g/mol. The molecule has 0 bridgehead atoms. The van der Waals surface area contributed by atoms with Gasteiger partial charge < -0.3 is 10.3 Å². The van der Waals surface area contributed by atoms with E-state index >= 15 is 0 Å². The van der Waals surface area contributed by atoms with Crippen molar-refractivity contribution >= 4 is 17.0 Å². The average Bonchev–Trinajstić information content (AvgIpc) is 2.62. The third-order valence-corrected chi connectivity index (χ3v) is 4.84. The van der Waals surface area contributed by atoms with Gasteiger partial charge in [0.2, 0.25) is 5.95 Å². The second kappa shape index (κ2) is 4.49. The van der Waals surface area contributed by atoms with Gasteiger partial charge in [-0.1, -0.05) is 39.8 Å². The number of nitrogens with zero attached hydrogens (tertiary/aromatic N) is 2. The molecule has 0 spiro atoms. The molecule has 0 atom stereocenters. The van der Waals surface area contributed by atoms with Gasteiger partial charge >= 0.3 is 0 Å². The number of aryl methyl sites for hydroxylation is 1. The summed E-state index contributed by atoms with van der Waals surface area (Å²) in [6.45, 7) is 11.7. The zero-order chi connectivity index (χ0) is 15.4. The summed E-state index contributed by atoms with van der Waals surface area (Å²) in [5.41, 5.74) is 10.5. The number of rotatable bonds is 1. The molecule has 0 radical (unpaired) electrons. The molecular formula is C18H27N3. The number of fused-ring (bicyclic) bond motifs is 1. The van der Waals surface area contributed by atoms with E-state index in [0.29, 0.717) is 22.8 Å². The first-order chi connectivity index (χ1) is 9.69. The third kappa shape index (κ3) is 2.54. The van der Waals surface area contributed by atoms with E-state index in [2.05, 4.69) is 62.4 Å². The topological polar surface area (TPSA) is 43.8 Å². The lowest BCUT2D eigenvalue weighted by Crippen LogP contribution is -2.35. The molecule has 1 heterocycles. The Morgan fingerprint density at radius 2 is 1.76 bits per heavy atom. The van der Waals surface area contributed by atoms with Crippen LogP contribution in [0.2, 0.25) is 0 Å². The van der Waals surface area contributed by atoms with Gasteiger partial charge in [-0.25, -0.2) is 4.98 Å². The van der Waals surface area contributed by atoms with Crippen LogP contribution in [0.3, 0.4) is 0 Å². The fourth-order valence-electron chi connectivity index (χ4n) is 4.68. The highest BCUT2D eigenvalue weighted by atomic mass is 15.2. The molecule has 0 amide bonds. The van der Waals surface area contributed by atoms with E-state index in [0.717, 1.165) is 5.52 Å². The van der Waals surface area contributed by atoms with Crippen LogP contribution in [0, 0.1) is 17.8 Å². The maximum atomic E-state index is 6.28. The number of para-hydroxylation sites is 1. The van der Waals surface area contributed by atoms with Crippen molar-refractivity contribution in [3.8, 4) is 0 Å². The first kappa shape index (κ1) is 14.4. The first-order valence-electron chi connectivity index (χ1n) is 7.92. The molecule has 0 saturated heterocycles. The van der Waals surface area contributed by atoms with Crippen molar-refractivity contribution in [1.29, 1.82) is 0 Å². The van der Waals surface area contributed by atoms with E-state index in [1.54, 1.807) is 0 Å². The number of imidazole rings is 1. The van der Waals surface area contributed by atoms with Crippen LogP contribution in [0.4, 0.5) is 5.95 Å². The van der Waals surface area contributed by atoms with Crippen molar-refractivity contribution in [2.45, 2.75) is 59.9 Å². The van der Waals surface area contributed by atoms with Gasteiger partial charge in [-0.15, -0.1) is 0 Å². The van der Waals surface area contributed by atoms with Gasteiger partial charge in [-0.05, 0) is 48.6 Å². The van der Waals surface area contributed by atoms with Gasteiger partial charge in [0, 0.05) is 6.04 Å². The fourth-order valence-corrected chi connectivity index (χ4v) is 4.68. The molecule has 2 aromatic rings. The third-order valence-electron chi connectivity index (χ3n) is 4.84. The van der Waals surface area contributed by atoms with Gasteiger partial charge in [0.05, 0.1) is 11.0 Å². The zero-order valence-corrected chi connectivity index (χ0v) is 13.9. The summed E-state index contributed by atoms with van der Waals surface area (Å²) in [6.07, 6.45) is 3.60. The lowest BCUT2D eigenvalue weighted by atomic mass is 9.63. The van der Waals surface area contributed by atoms with Crippen LogP contribution >= 0.6 is 0 Å². The molecule has 1 fully saturated rings. The highest BCUT2D eigenvalue weighted by molar-refractivity contribution is 5.81. The smallest absolute Gasteiger partial charge is 0.201 e. The second-order valence-corrected chi connectivity index (χ2v) is 8.35. The standard InChI is InChI=1S/C18H27N3/c1-12-7-6-8-14-15(12)21(16(19)20-14)13-9-17(2,3)11-18(4,5)10-13/h6-8,13H,9-11H2,1-5H3,(H2,19,20). The molecule has 0 aliphatic heterocycles. The van der Waals surface area contributed by atoms with E-state index in [1.165, 1.54) is 30.3 Å². The Balaban J connectivity index is 2.14. The first-order valence-corrected chi connectivity index (χ1v) is 7.92. The largest absolute Gasteiger partial charge is 0.369 e. The Morgan fingerprint density at radius 3 is 2.38 bits per heavy atom. The summed E-state index contributed by atoms with van der Waals surface area (Å²) in [6, 6.07) is 6.71. The minimum Gasteiger partial charge on any atom is -0.369 e. The van der Waals surface area contributed by atoms with Crippen molar-refractivity contribution in [3.63, 3.8) is 0 Å². The predicted octanol–water partition coefficient (Wildman–Crippen LogP) is 4.70. The van der Waals surface area contributed by atoms with E-state index in [1.807, 2.05) is 0 Å². The molecule has 21 heavy (non-hydrogen) atoms. The van der Waals surface area contributed by atoms with E-state index in [9.17, 15) is 0 Å². The molecule has 1 aromatic heterocycles. The van der Waals surface area contributed by atoms with Crippen LogP contribution in [0.5, 0.6) is 0 Å². The molecule has 1 aromatic carbocycles. The predicted molar refractivity (Wildman–Crippen MR) is 89.3 cm³/mol. The van der Waals surface area contributed by atoms with Crippen molar-refractivity contribution < 1.29 is 0 Å². The number of benzene rings is 1. The van der Waals surface area contributed by atoms with E-state index in [4.69, 9.17) is 5.73 Å². The van der Waals surface area contributed by atoms with E-state index in [-0.39, 0.29) is 0 Å². The maximum Gasteiger partial charge on any atom is 0.201 e. The van der Waals surface area contributed by atoms with Crippen LogP contribution in [-0.2, 0) is 0 Å². The fraction of sp³-hybridized carbons (Fsp3) is 0.611. The number of nitrogens with two attached hydrogens (primary N) is 1. The van der Waals surface area contributed by atoms with Gasteiger partial charge in [-0.2, -0.15) is 0 Å². The van der Waals surface area contributed by atoms with E-state index < -0.39 is 0 Å². The Morgan fingerprint density at radius 1 is 1.14 bits per heavy atom. The van der Waals surface area contributed by atoms with Crippen LogP contribution in [0.15, 0.2) is 18.2 Å². The summed E-state index contributed by atoms with van der Waals surface area (Å²) >= 11 is 0. The monoisotopic (exact) mass is 285 g/mol. The van der Waals surface area contributed by atoms with Crippen LogP contribution in [0.1, 0.15) is 58.6 Å². The van der Waals surface area contributed by atoms with Crippen LogP contribution in [-0.4, -0.2) is 9.55 Å². The summed E-state index contributed by atoms with van der Waals surface area (Å²) < 4.78 is 2.30. The van der Waals surface area contributed by atoms with Gasteiger partial charge in [0.15, 0.2) is 0 Å². The van der Waals surface area contributed by atoms with Crippen molar-refractivity contribution in [1.82, 2.24) is 9.55 Å². The lowest BCUT2D eigenvalue weighted by Gasteiger charge is -2.45. The highest BCUT2D eigenvalue weighted by Gasteiger charge is 2.40. The molecule has 1 aliphatic rings. The summed E-state index contributed by atoms with van der Waals surface area (Å²) in [4.78, 5) is 4.59. The second-order valence-electron chi connectivity index (χ2n) is 8.35. The Kier molecular flexibility index (Phi) is 3.09. The lowest BCUT2D eigenvalue weighted by molar-refractivity contribution is 0.0746. The molecule has 3 nitrogen and oxygen atoms in total. The number of nitrogen functional groups attached to an aromatic ring is 1. The quantitative estimate of drug-likeness (QED) is 0.825. The molecule has 0 unspecified atom stereocenters. The Hall–Kier alpha value is -1.51. The molecular weight excluding hydrogens is 258 g/mol. The molecule has 1 saturated carbocycles. The molecule has 114 valence electrons. The van der Waals surface area contributed by atoms with Crippen LogP contribution in [0.25, 0.3) is 11.0 Å². The minimum absolute atomic E-state index is 0.345. The summed E-state index contributed by atoms with van der Waals surface area (Å²) in [5, 5.41) is 0. The Bertz CT molecular complexity index is 663. The van der Waals surface area contributed by atoms with Gasteiger partial charge in [0.25, 0.3) is 0 Å². The number of hydrogen-bond acceptors (Lipinski definition) is 2. The summed E-state index contributed by atoms with van der Waals surface area (Å²) in [5.74, 6) is 0.665. The number of anilines is 1. The zero-order valence-electron chi connectivity index (χ0n) is 13.9. The minimum atomic E-state index is 0.345. The molecule has 2 N–H and O–H groups in total. The normalized spacial score (nSPS) is 21.8. The summed E-state index contributed by atoms with van der Waals surface area (Å²) in [7, 11) is 0. The molecule has 1 aliphatic carbocycles. The SMILES string of the molecule is Cc1cccc2nc(N)n(C3CC(C)(C)CC(C)(C)C3)c12. The van der Waals surface area contributed by atoms with Crippen molar-refractivity contribution in [2.24, 2.45) is 10.8 Å². The highest BCUT2D eigenvalue weighted by Crippen LogP contribution is 2.51. The van der Waals surface area contributed by atoms with Crippen molar-refractivity contribution in [2.75, 3.05) is 5.73 Å². The Labute approximate surface area is 127 Å². The van der Waals surface area contributed by atoms with Gasteiger partial charge in [0.1, 0.15) is 0 Å². The molecule has 3 heteroatoms.